The summed E-state index contributed by atoms with van der Waals surface area (Å²) in [7, 11) is 0. The van der Waals surface area contributed by atoms with Crippen LogP contribution in [0.1, 0.15) is 6.42 Å². The number of hydrogen-bond donors (Lipinski definition) is 0. The van der Waals surface area contributed by atoms with Gasteiger partial charge in [-0.05, 0) is 28.1 Å². The van der Waals surface area contributed by atoms with E-state index in [4.69, 9.17) is 11.6 Å². The number of carbonyl (C=O) groups excluding carboxylic acids is 1. The molecule has 0 bridgehead atoms. The van der Waals surface area contributed by atoms with Crippen molar-refractivity contribution in [3.63, 3.8) is 0 Å². The lowest BCUT2D eigenvalue weighted by molar-refractivity contribution is -0.386. The van der Waals surface area contributed by atoms with E-state index in [0.29, 0.717) is 0 Å². The van der Waals surface area contributed by atoms with Crippen molar-refractivity contribution in [2.75, 3.05) is 11.4 Å². The number of nitro benzene ring substituents is 1. The molecule has 2 rings (SSSR count). The molecule has 1 saturated heterocycles. The number of benzene rings is 1. The maximum Gasteiger partial charge on any atom is 0.329 e. The third-order valence-corrected chi connectivity index (χ3v) is 3.50. The van der Waals surface area contributed by atoms with Crippen LogP contribution in [0.3, 0.4) is 0 Å². The van der Waals surface area contributed by atoms with E-state index >= 15 is 0 Å². The van der Waals surface area contributed by atoms with Crippen molar-refractivity contribution in [1.29, 1.82) is 0 Å². The number of alkyl halides is 1. The highest BCUT2D eigenvalue weighted by molar-refractivity contribution is 9.10. The van der Waals surface area contributed by atoms with E-state index in [2.05, 4.69) is 15.9 Å². The van der Waals surface area contributed by atoms with Crippen molar-refractivity contribution in [1.82, 2.24) is 0 Å². The van der Waals surface area contributed by atoms with Gasteiger partial charge >= 0.3 is 5.69 Å². The second kappa shape index (κ2) is 4.81. The van der Waals surface area contributed by atoms with E-state index in [9.17, 15) is 19.3 Å². The summed E-state index contributed by atoms with van der Waals surface area (Å²) in [6.07, 6.45) is 0.0936. The van der Waals surface area contributed by atoms with Gasteiger partial charge in [-0.1, -0.05) is 0 Å². The van der Waals surface area contributed by atoms with Crippen LogP contribution in [0, 0.1) is 15.9 Å². The zero-order chi connectivity index (χ0) is 13.4. The Balaban J connectivity index is 2.54. The third kappa shape index (κ3) is 2.20. The number of anilines is 1. The largest absolute Gasteiger partial charge is 0.329 e. The summed E-state index contributed by atoms with van der Waals surface area (Å²) in [5.41, 5.74) is -0.780. The fourth-order valence-electron chi connectivity index (χ4n) is 1.82. The average Bonchev–Trinajstić information content (AvgIpc) is 2.61. The van der Waals surface area contributed by atoms with E-state index in [0.717, 1.165) is 4.90 Å². The molecule has 1 heterocycles. The molecule has 0 saturated carbocycles. The minimum absolute atomic E-state index is 0.0213. The standard InChI is InChI=1S/C10H7BrClFN2O3/c11-6-1-2-7(10(9(6)13)15(17)18)14-4-5(12)3-8(14)16/h1-2,5H,3-4H2. The van der Waals surface area contributed by atoms with Gasteiger partial charge in [0.25, 0.3) is 0 Å². The smallest absolute Gasteiger partial charge is 0.305 e. The lowest BCUT2D eigenvalue weighted by atomic mass is 10.2. The summed E-state index contributed by atoms with van der Waals surface area (Å²) in [5, 5.41) is 10.5. The Hall–Kier alpha value is -1.21. The summed E-state index contributed by atoms with van der Waals surface area (Å²) in [6, 6.07) is 2.66. The van der Waals surface area contributed by atoms with Gasteiger partial charge in [0.15, 0.2) is 0 Å². The Morgan fingerprint density at radius 1 is 1.56 bits per heavy atom. The number of carbonyl (C=O) groups is 1. The van der Waals surface area contributed by atoms with Crippen molar-refractivity contribution in [3.8, 4) is 0 Å². The zero-order valence-corrected chi connectivity index (χ0v) is 11.2. The minimum Gasteiger partial charge on any atom is -0.305 e. The molecule has 5 nitrogen and oxygen atoms in total. The molecular formula is C10H7BrClFN2O3. The first-order valence-corrected chi connectivity index (χ1v) is 6.21. The Kier molecular flexibility index (Phi) is 3.54. The summed E-state index contributed by atoms with van der Waals surface area (Å²) in [4.78, 5) is 22.9. The van der Waals surface area contributed by atoms with Crippen LogP contribution in [0.2, 0.25) is 0 Å². The van der Waals surface area contributed by atoms with Gasteiger partial charge in [-0.25, -0.2) is 0 Å². The molecule has 1 atom stereocenters. The fraction of sp³-hybridized carbons (Fsp3) is 0.300. The molecule has 0 aromatic heterocycles. The molecule has 0 radical (unpaired) electrons. The van der Waals surface area contributed by atoms with Crippen molar-refractivity contribution >= 4 is 44.8 Å². The topological polar surface area (TPSA) is 63.5 Å². The first-order valence-electron chi connectivity index (χ1n) is 4.98. The molecule has 1 fully saturated rings. The Morgan fingerprint density at radius 2 is 2.22 bits per heavy atom. The lowest BCUT2D eigenvalue weighted by Gasteiger charge is -2.16. The van der Waals surface area contributed by atoms with Gasteiger partial charge < -0.3 is 4.90 Å². The highest BCUT2D eigenvalue weighted by atomic mass is 79.9. The van der Waals surface area contributed by atoms with E-state index in [1.54, 1.807) is 0 Å². The van der Waals surface area contributed by atoms with E-state index < -0.39 is 21.8 Å². The maximum atomic E-state index is 13.7. The molecular weight excluding hydrogens is 330 g/mol. The van der Waals surface area contributed by atoms with Crippen LogP contribution in [0.5, 0.6) is 0 Å². The predicted molar refractivity (Wildman–Crippen MR) is 67.4 cm³/mol. The number of rotatable bonds is 2. The summed E-state index contributed by atoms with van der Waals surface area (Å²) < 4.78 is 13.7. The number of hydrogen-bond acceptors (Lipinski definition) is 3. The van der Waals surface area contributed by atoms with Crippen LogP contribution in [-0.4, -0.2) is 22.8 Å². The summed E-state index contributed by atoms with van der Waals surface area (Å²) in [5.74, 6) is -1.34. The molecule has 1 amide bonds. The van der Waals surface area contributed by atoms with Gasteiger partial charge in [0, 0.05) is 13.0 Å². The average molecular weight is 338 g/mol. The number of amides is 1. The van der Waals surface area contributed by atoms with Crippen molar-refractivity contribution < 1.29 is 14.1 Å². The minimum atomic E-state index is -0.997. The van der Waals surface area contributed by atoms with Crippen LogP contribution in [0.15, 0.2) is 16.6 Å². The second-order valence-corrected chi connectivity index (χ2v) is 5.26. The molecule has 8 heteroatoms. The highest BCUT2D eigenvalue weighted by Crippen LogP contribution is 2.37. The van der Waals surface area contributed by atoms with Gasteiger partial charge in [0.05, 0.1) is 14.8 Å². The Morgan fingerprint density at radius 3 is 2.72 bits per heavy atom. The predicted octanol–water partition coefficient (Wildman–Crippen LogP) is 2.84. The normalized spacial score (nSPS) is 19.4. The van der Waals surface area contributed by atoms with Crippen LogP contribution in [0.25, 0.3) is 0 Å². The molecule has 1 aromatic carbocycles. The molecule has 1 aromatic rings. The summed E-state index contributed by atoms with van der Waals surface area (Å²) >= 11 is 8.69. The SMILES string of the molecule is O=C1CC(Cl)CN1c1ccc(Br)c(F)c1[N+](=O)[O-]. The van der Waals surface area contributed by atoms with Crippen LogP contribution >= 0.6 is 27.5 Å². The molecule has 1 aliphatic rings. The monoisotopic (exact) mass is 336 g/mol. The summed E-state index contributed by atoms with van der Waals surface area (Å²) in [6.45, 7) is 0.141. The van der Waals surface area contributed by atoms with Gasteiger partial charge in [-0.15, -0.1) is 11.6 Å². The first kappa shape index (κ1) is 13.2. The van der Waals surface area contributed by atoms with E-state index in [1.165, 1.54) is 12.1 Å². The second-order valence-electron chi connectivity index (χ2n) is 3.79. The fourth-order valence-corrected chi connectivity index (χ4v) is 2.41. The van der Waals surface area contributed by atoms with Crippen LogP contribution in [0.4, 0.5) is 15.8 Å². The van der Waals surface area contributed by atoms with Crippen molar-refractivity contribution in [3.05, 3.63) is 32.5 Å². The number of nitro groups is 1. The lowest BCUT2D eigenvalue weighted by Crippen LogP contribution is -2.25. The molecule has 18 heavy (non-hydrogen) atoms. The van der Waals surface area contributed by atoms with Gasteiger partial charge in [-0.3, -0.25) is 14.9 Å². The van der Waals surface area contributed by atoms with E-state index in [-0.39, 0.29) is 29.0 Å². The molecule has 0 spiro atoms. The van der Waals surface area contributed by atoms with Crippen LogP contribution < -0.4 is 4.90 Å². The highest BCUT2D eigenvalue weighted by Gasteiger charge is 2.35. The van der Waals surface area contributed by atoms with Crippen molar-refractivity contribution in [2.45, 2.75) is 11.8 Å². The quantitative estimate of drug-likeness (QED) is 0.473. The zero-order valence-electron chi connectivity index (χ0n) is 8.90. The molecule has 0 N–H and O–H groups in total. The Labute approximate surface area is 115 Å². The van der Waals surface area contributed by atoms with E-state index in [1.807, 2.05) is 0 Å². The van der Waals surface area contributed by atoms with Gasteiger partial charge in [0.2, 0.25) is 11.7 Å². The van der Waals surface area contributed by atoms with Gasteiger partial charge in [-0.2, -0.15) is 4.39 Å². The maximum absolute atomic E-state index is 13.7. The molecule has 96 valence electrons. The van der Waals surface area contributed by atoms with Gasteiger partial charge in [0.1, 0.15) is 5.69 Å². The molecule has 1 aliphatic heterocycles. The van der Waals surface area contributed by atoms with Crippen molar-refractivity contribution in [2.24, 2.45) is 0 Å². The number of halogens is 3. The number of nitrogens with zero attached hydrogens (tertiary/aromatic N) is 2. The molecule has 1 unspecified atom stereocenters. The molecule has 0 aliphatic carbocycles. The van der Waals surface area contributed by atoms with Crippen LogP contribution in [-0.2, 0) is 4.79 Å². The Bertz CT molecular complexity index is 540. The third-order valence-electron chi connectivity index (χ3n) is 2.60. The first-order chi connectivity index (χ1) is 8.41.